The Kier molecular flexibility index (Phi) is 4.92. The van der Waals surface area contributed by atoms with E-state index in [1.165, 1.54) is 4.31 Å². The third-order valence-corrected chi connectivity index (χ3v) is 6.45. The third-order valence-electron chi connectivity index (χ3n) is 4.24. The van der Waals surface area contributed by atoms with Crippen molar-refractivity contribution in [2.45, 2.75) is 12.8 Å². The van der Waals surface area contributed by atoms with Crippen LogP contribution in [0.25, 0.3) is 0 Å². The Hall–Kier alpha value is -0.820. The molecule has 0 spiro atoms. The Balaban J connectivity index is 1.61. The average molecular weight is 345 g/mol. The zero-order valence-corrected chi connectivity index (χ0v) is 14.1. The summed E-state index contributed by atoms with van der Waals surface area (Å²) in [4.78, 5) is 2.26. The lowest BCUT2D eigenvalue weighted by atomic mass is 10.2. The molecule has 2 aliphatic heterocycles. The van der Waals surface area contributed by atoms with Gasteiger partial charge in [0.25, 0.3) is 0 Å². The first-order valence-electron chi connectivity index (χ1n) is 7.66. The molecule has 2 heterocycles. The second-order valence-electron chi connectivity index (χ2n) is 5.68. The predicted octanol–water partition coefficient (Wildman–Crippen LogP) is 1.75. The summed E-state index contributed by atoms with van der Waals surface area (Å²) in [7, 11) is -3.27. The standard InChI is InChI=1S/C15H21ClN2O3S/c16-14-3-1-4-15-13(14)5-7-18(15)22(19,20)12-2-6-17-8-10-21-11-9-17/h1,3-4H,2,5-12H2. The first kappa shape index (κ1) is 16.1. The molecule has 0 saturated carbocycles. The molecule has 1 aromatic carbocycles. The number of anilines is 1. The fourth-order valence-corrected chi connectivity index (χ4v) is 4.88. The number of hydrogen-bond acceptors (Lipinski definition) is 4. The highest BCUT2D eigenvalue weighted by Gasteiger charge is 2.30. The Morgan fingerprint density at radius 2 is 1.95 bits per heavy atom. The number of hydrogen-bond donors (Lipinski definition) is 0. The molecule has 122 valence electrons. The van der Waals surface area contributed by atoms with E-state index in [9.17, 15) is 8.42 Å². The van der Waals surface area contributed by atoms with Crippen LogP contribution in [-0.4, -0.2) is 58.5 Å². The van der Waals surface area contributed by atoms with Crippen molar-refractivity contribution in [1.29, 1.82) is 0 Å². The van der Waals surface area contributed by atoms with Crippen LogP contribution in [0.15, 0.2) is 18.2 Å². The molecule has 0 unspecified atom stereocenters. The van der Waals surface area contributed by atoms with Crippen molar-refractivity contribution in [3.8, 4) is 0 Å². The van der Waals surface area contributed by atoms with E-state index in [-0.39, 0.29) is 5.75 Å². The van der Waals surface area contributed by atoms with Gasteiger partial charge in [-0.05, 0) is 37.1 Å². The van der Waals surface area contributed by atoms with E-state index < -0.39 is 10.0 Å². The summed E-state index contributed by atoms with van der Waals surface area (Å²) in [6.45, 7) is 4.57. The quantitative estimate of drug-likeness (QED) is 0.816. The smallest absolute Gasteiger partial charge is 0.235 e. The van der Waals surface area contributed by atoms with Gasteiger partial charge in [-0.3, -0.25) is 9.21 Å². The van der Waals surface area contributed by atoms with E-state index in [0.717, 1.165) is 44.1 Å². The van der Waals surface area contributed by atoms with Crippen molar-refractivity contribution < 1.29 is 13.2 Å². The monoisotopic (exact) mass is 344 g/mol. The molecule has 1 saturated heterocycles. The summed E-state index contributed by atoms with van der Waals surface area (Å²) >= 11 is 6.15. The zero-order valence-electron chi connectivity index (χ0n) is 12.5. The van der Waals surface area contributed by atoms with Crippen molar-refractivity contribution in [2.75, 3.05) is 49.5 Å². The maximum Gasteiger partial charge on any atom is 0.235 e. The van der Waals surface area contributed by atoms with Crippen molar-refractivity contribution in [3.63, 3.8) is 0 Å². The van der Waals surface area contributed by atoms with E-state index >= 15 is 0 Å². The van der Waals surface area contributed by atoms with Crippen molar-refractivity contribution in [1.82, 2.24) is 4.90 Å². The molecular weight excluding hydrogens is 324 g/mol. The normalized spacial score (nSPS) is 19.4. The molecule has 0 radical (unpaired) electrons. The van der Waals surface area contributed by atoms with E-state index in [1.54, 1.807) is 0 Å². The fraction of sp³-hybridized carbons (Fsp3) is 0.600. The van der Waals surface area contributed by atoms with Gasteiger partial charge < -0.3 is 4.74 Å². The lowest BCUT2D eigenvalue weighted by Gasteiger charge is -2.27. The van der Waals surface area contributed by atoms with Gasteiger partial charge in [0.1, 0.15) is 0 Å². The summed E-state index contributed by atoms with van der Waals surface area (Å²) < 4.78 is 32.0. The molecule has 0 aliphatic carbocycles. The van der Waals surface area contributed by atoms with Crippen LogP contribution in [0.4, 0.5) is 5.69 Å². The number of benzene rings is 1. The summed E-state index contributed by atoms with van der Waals surface area (Å²) in [5.74, 6) is 0.177. The zero-order chi connectivity index (χ0) is 15.6. The van der Waals surface area contributed by atoms with Crippen LogP contribution in [-0.2, 0) is 21.2 Å². The molecule has 22 heavy (non-hydrogen) atoms. The Morgan fingerprint density at radius 3 is 2.73 bits per heavy atom. The lowest BCUT2D eigenvalue weighted by molar-refractivity contribution is 0.0381. The highest BCUT2D eigenvalue weighted by Crippen LogP contribution is 2.35. The summed E-state index contributed by atoms with van der Waals surface area (Å²) in [5, 5.41) is 0.656. The molecule has 2 aliphatic rings. The number of halogens is 1. The number of ether oxygens (including phenoxy) is 1. The van der Waals surface area contributed by atoms with E-state index in [0.29, 0.717) is 24.4 Å². The largest absolute Gasteiger partial charge is 0.379 e. The highest BCUT2D eigenvalue weighted by atomic mass is 35.5. The SMILES string of the molecule is O=S(=O)(CCCN1CCOCC1)N1CCc2c(Cl)cccc21. The van der Waals surface area contributed by atoms with Gasteiger partial charge in [-0.25, -0.2) is 8.42 Å². The minimum Gasteiger partial charge on any atom is -0.379 e. The fourth-order valence-electron chi connectivity index (χ4n) is 3.06. The molecule has 3 rings (SSSR count). The van der Waals surface area contributed by atoms with Gasteiger partial charge in [-0.1, -0.05) is 17.7 Å². The molecule has 0 amide bonds. The maximum atomic E-state index is 12.6. The Labute approximate surface area is 136 Å². The van der Waals surface area contributed by atoms with Crippen molar-refractivity contribution >= 4 is 27.3 Å². The Morgan fingerprint density at radius 1 is 1.18 bits per heavy atom. The number of rotatable bonds is 5. The minimum absolute atomic E-state index is 0.177. The van der Waals surface area contributed by atoms with Crippen LogP contribution < -0.4 is 4.31 Å². The third kappa shape index (κ3) is 3.40. The van der Waals surface area contributed by atoms with E-state index in [2.05, 4.69) is 4.90 Å². The van der Waals surface area contributed by atoms with Crippen molar-refractivity contribution in [3.05, 3.63) is 28.8 Å². The van der Waals surface area contributed by atoms with Gasteiger partial charge >= 0.3 is 0 Å². The van der Waals surface area contributed by atoms with Gasteiger partial charge in [0.05, 0.1) is 24.7 Å². The second-order valence-corrected chi connectivity index (χ2v) is 8.10. The van der Waals surface area contributed by atoms with E-state index in [4.69, 9.17) is 16.3 Å². The number of sulfonamides is 1. The molecule has 0 N–H and O–H groups in total. The molecule has 0 bridgehead atoms. The first-order chi connectivity index (χ1) is 10.6. The van der Waals surface area contributed by atoms with Gasteiger partial charge in [0, 0.05) is 24.7 Å². The molecule has 0 aromatic heterocycles. The van der Waals surface area contributed by atoms with Crippen LogP contribution in [0, 0.1) is 0 Å². The van der Waals surface area contributed by atoms with Crippen LogP contribution >= 0.6 is 11.6 Å². The lowest BCUT2D eigenvalue weighted by Crippen LogP contribution is -2.38. The average Bonchev–Trinajstić information content (AvgIpc) is 2.94. The summed E-state index contributed by atoms with van der Waals surface area (Å²) in [6, 6.07) is 5.46. The predicted molar refractivity (Wildman–Crippen MR) is 88.2 cm³/mol. The van der Waals surface area contributed by atoms with Crippen LogP contribution in [0.2, 0.25) is 5.02 Å². The molecular formula is C15H21ClN2O3S. The number of nitrogens with zero attached hydrogens (tertiary/aromatic N) is 2. The molecule has 7 heteroatoms. The molecule has 1 fully saturated rings. The number of morpholine rings is 1. The first-order valence-corrected chi connectivity index (χ1v) is 9.64. The highest BCUT2D eigenvalue weighted by molar-refractivity contribution is 7.92. The van der Waals surface area contributed by atoms with Crippen LogP contribution in [0.3, 0.4) is 0 Å². The van der Waals surface area contributed by atoms with Crippen molar-refractivity contribution in [2.24, 2.45) is 0 Å². The molecule has 1 aromatic rings. The van der Waals surface area contributed by atoms with Gasteiger partial charge in [0.2, 0.25) is 10.0 Å². The van der Waals surface area contributed by atoms with Crippen LogP contribution in [0.1, 0.15) is 12.0 Å². The van der Waals surface area contributed by atoms with Crippen LogP contribution in [0.5, 0.6) is 0 Å². The maximum absolute atomic E-state index is 12.6. The minimum atomic E-state index is -3.27. The molecule has 5 nitrogen and oxygen atoms in total. The topological polar surface area (TPSA) is 49.9 Å². The summed E-state index contributed by atoms with van der Waals surface area (Å²) in [6.07, 6.45) is 1.34. The van der Waals surface area contributed by atoms with Gasteiger partial charge in [-0.2, -0.15) is 0 Å². The van der Waals surface area contributed by atoms with Gasteiger partial charge in [-0.15, -0.1) is 0 Å². The van der Waals surface area contributed by atoms with Gasteiger partial charge in [0.15, 0.2) is 0 Å². The molecule has 0 atom stereocenters. The second kappa shape index (κ2) is 6.74. The summed E-state index contributed by atoms with van der Waals surface area (Å²) in [5.41, 5.74) is 1.69. The number of fused-ring (bicyclic) bond motifs is 1. The Bertz CT molecular complexity index is 630. The van der Waals surface area contributed by atoms with E-state index in [1.807, 2.05) is 18.2 Å².